The number of aromatic nitrogens is 2. The van der Waals surface area contributed by atoms with E-state index in [9.17, 15) is 9.90 Å². The van der Waals surface area contributed by atoms with Crippen molar-refractivity contribution in [2.75, 3.05) is 13.2 Å². The highest BCUT2D eigenvalue weighted by atomic mass is 16.4. The Morgan fingerprint density at radius 2 is 2.07 bits per heavy atom. The molecular formula is C21H29N3O3. The van der Waals surface area contributed by atoms with Crippen molar-refractivity contribution in [2.45, 2.75) is 57.9 Å². The second-order valence-electron chi connectivity index (χ2n) is 7.85. The molecule has 1 aliphatic rings. The number of carbonyl (C=O) groups excluding carboxylic acids is 1. The average molecular weight is 371 g/mol. The quantitative estimate of drug-likeness (QED) is 0.769. The molecule has 0 spiro atoms. The summed E-state index contributed by atoms with van der Waals surface area (Å²) in [5, 5.41) is 18.1. The minimum Gasteiger partial charge on any atom is -0.421 e. The summed E-state index contributed by atoms with van der Waals surface area (Å²) in [5.41, 5.74) is 0.516. The minimum absolute atomic E-state index is 0.0427. The third kappa shape index (κ3) is 4.56. The molecule has 1 saturated heterocycles. The van der Waals surface area contributed by atoms with Crippen LogP contribution in [0.1, 0.15) is 51.8 Å². The van der Waals surface area contributed by atoms with Gasteiger partial charge in [-0.05, 0) is 43.7 Å². The summed E-state index contributed by atoms with van der Waals surface area (Å²) < 4.78 is 5.70. The van der Waals surface area contributed by atoms with Crippen LogP contribution in [0.2, 0.25) is 0 Å². The Hall–Kier alpha value is -2.21. The van der Waals surface area contributed by atoms with Crippen LogP contribution in [0.15, 0.2) is 34.7 Å². The molecule has 0 aliphatic carbocycles. The Labute approximate surface area is 160 Å². The van der Waals surface area contributed by atoms with E-state index < -0.39 is 0 Å². The molecule has 1 atom stereocenters. The van der Waals surface area contributed by atoms with Gasteiger partial charge in [0.15, 0.2) is 0 Å². The van der Waals surface area contributed by atoms with Crippen LogP contribution in [0.4, 0.5) is 0 Å². The smallest absolute Gasteiger partial charge is 0.247 e. The molecule has 1 amide bonds. The van der Waals surface area contributed by atoms with Gasteiger partial charge in [0.1, 0.15) is 0 Å². The Kier molecular flexibility index (Phi) is 6.26. The van der Waals surface area contributed by atoms with Gasteiger partial charge in [-0.2, -0.15) is 0 Å². The van der Waals surface area contributed by atoms with Gasteiger partial charge in [0.05, 0.1) is 12.1 Å². The Morgan fingerprint density at radius 3 is 2.78 bits per heavy atom. The van der Waals surface area contributed by atoms with Gasteiger partial charge in [-0.25, -0.2) is 0 Å². The number of hydrogen-bond acceptors (Lipinski definition) is 5. The molecule has 2 heterocycles. The molecule has 1 aliphatic heterocycles. The summed E-state index contributed by atoms with van der Waals surface area (Å²) >= 11 is 0. The van der Waals surface area contributed by atoms with E-state index in [1.807, 2.05) is 35.2 Å². The first-order chi connectivity index (χ1) is 13.0. The molecule has 1 aromatic heterocycles. The lowest BCUT2D eigenvalue weighted by Gasteiger charge is -2.38. The molecule has 27 heavy (non-hydrogen) atoms. The largest absolute Gasteiger partial charge is 0.421 e. The summed E-state index contributed by atoms with van der Waals surface area (Å²) in [7, 11) is 0. The molecular weight excluding hydrogens is 342 g/mol. The zero-order valence-corrected chi connectivity index (χ0v) is 16.2. The Balaban J connectivity index is 1.54. The lowest BCUT2D eigenvalue weighted by molar-refractivity contribution is -0.137. The minimum atomic E-state index is -0.379. The van der Waals surface area contributed by atoms with Gasteiger partial charge in [-0.15, -0.1) is 10.2 Å². The molecule has 0 radical (unpaired) electrons. The van der Waals surface area contributed by atoms with Crippen molar-refractivity contribution in [1.82, 2.24) is 15.1 Å². The van der Waals surface area contributed by atoms with E-state index in [1.54, 1.807) is 0 Å². The SMILES string of the molecule is CC(C)CC1(CO)CCCN1C(=O)CCCc1nnc(-c2ccccc2)o1. The number of nitrogens with zero attached hydrogens (tertiary/aromatic N) is 3. The number of rotatable bonds is 8. The highest BCUT2D eigenvalue weighted by molar-refractivity contribution is 5.77. The Bertz CT molecular complexity index is 744. The molecule has 146 valence electrons. The predicted molar refractivity (Wildman–Crippen MR) is 103 cm³/mol. The molecule has 0 bridgehead atoms. The highest BCUT2D eigenvalue weighted by Crippen LogP contribution is 2.35. The first kappa shape index (κ1) is 19.5. The zero-order chi connectivity index (χ0) is 19.3. The number of hydrogen-bond donors (Lipinski definition) is 1. The van der Waals surface area contributed by atoms with E-state index in [2.05, 4.69) is 24.0 Å². The zero-order valence-electron chi connectivity index (χ0n) is 16.2. The fourth-order valence-electron chi connectivity index (χ4n) is 4.11. The van der Waals surface area contributed by atoms with Crippen LogP contribution in [0.25, 0.3) is 11.5 Å². The first-order valence-electron chi connectivity index (χ1n) is 9.83. The van der Waals surface area contributed by atoms with Crippen molar-refractivity contribution >= 4 is 5.91 Å². The number of aliphatic hydroxyl groups excluding tert-OH is 1. The number of aliphatic hydroxyl groups is 1. The van der Waals surface area contributed by atoms with Gasteiger partial charge >= 0.3 is 0 Å². The number of carbonyl (C=O) groups is 1. The molecule has 1 fully saturated rings. The molecule has 3 rings (SSSR count). The molecule has 1 unspecified atom stereocenters. The predicted octanol–water partition coefficient (Wildman–Crippen LogP) is 3.46. The molecule has 6 nitrogen and oxygen atoms in total. The van der Waals surface area contributed by atoms with Crippen molar-refractivity contribution in [3.8, 4) is 11.5 Å². The maximum Gasteiger partial charge on any atom is 0.247 e. The molecule has 1 aromatic carbocycles. The van der Waals surface area contributed by atoms with E-state index in [0.717, 1.165) is 31.4 Å². The van der Waals surface area contributed by atoms with Gasteiger partial charge < -0.3 is 14.4 Å². The van der Waals surface area contributed by atoms with Gasteiger partial charge in [-0.1, -0.05) is 32.0 Å². The van der Waals surface area contributed by atoms with Gasteiger partial charge in [0.2, 0.25) is 17.7 Å². The van der Waals surface area contributed by atoms with Crippen LogP contribution >= 0.6 is 0 Å². The van der Waals surface area contributed by atoms with Crippen LogP contribution in [0, 0.1) is 5.92 Å². The molecule has 1 N–H and O–H groups in total. The summed E-state index contributed by atoms with van der Waals surface area (Å²) in [4.78, 5) is 14.7. The van der Waals surface area contributed by atoms with E-state index in [0.29, 0.717) is 37.0 Å². The highest BCUT2D eigenvalue weighted by Gasteiger charge is 2.42. The standard InChI is InChI=1S/C21H29N3O3/c1-16(2)14-21(15-25)12-7-13-24(21)19(26)11-6-10-18-22-23-20(27-18)17-8-4-3-5-9-17/h3-5,8-9,16,25H,6-7,10-15H2,1-2H3. The van der Waals surface area contributed by atoms with Gasteiger partial charge in [0.25, 0.3) is 0 Å². The Morgan fingerprint density at radius 1 is 1.30 bits per heavy atom. The number of benzene rings is 1. The summed E-state index contributed by atoms with van der Waals surface area (Å²) in [6, 6.07) is 9.65. The topological polar surface area (TPSA) is 79.5 Å². The van der Waals surface area contributed by atoms with Crippen molar-refractivity contribution in [2.24, 2.45) is 5.92 Å². The lowest BCUT2D eigenvalue weighted by Crippen LogP contribution is -2.50. The third-order valence-electron chi connectivity index (χ3n) is 5.25. The summed E-state index contributed by atoms with van der Waals surface area (Å²) in [5.74, 6) is 1.62. The van der Waals surface area contributed by atoms with Crippen molar-refractivity contribution in [3.63, 3.8) is 0 Å². The summed E-state index contributed by atoms with van der Waals surface area (Å²) in [6.07, 6.45) is 4.37. The van der Waals surface area contributed by atoms with Crippen LogP contribution < -0.4 is 0 Å². The number of likely N-dealkylation sites (tertiary alicyclic amines) is 1. The van der Waals surface area contributed by atoms with Gasteiger partial charge in [-0.3, -0.25) is 4.79 Å². The summed E-state index contributed by atoms with van der Waals surface area (Å²) in [6.45, 7) is 5.06. The number of aryl methyl sites for hydroxylation is 1. The van der Waals surface area contributed by atoms with Crippen molar-refractivity contribution in [1.29, 1.82) is 0 Å². The maximum atomic E-state index is 12.8. The van der Waals surface area contributed by atoms with Crippen LogP contribution in [-0.4, -0.2) is 44.8 Å². The van der Waals surface area contributed by atoms with Gasteiger partial charge in [0, 0.05) is 24.9 Å². The van der Waals surface area contributed by atoms with Crippen molar-refractivity contribution in [3.05, 3.63) is 36.2 Å². The average Bonchev–Trinajstić information content (AvgIpc) is 3.29. The molecule has 0 saturated carbocycles. The normalized spacial score (nSPS) is 19.8. The van der Waals surface area contributed by atoms with Crippen molar-refractivity contribution < 1.29 is 14.3 Å². The van der Waals surface area contributed by atoms with E-state index in [1.165, 1.54) is 0 Å². The van der Waals surface area contributed by atoms with Crippen LogP contribution in [0.3, 0.4) is 0 Å². The fraction of sp³-hybridized carbons (Fsp3) is 0.571. The fourth-order valence-corrected chi connectivity index (χ4v) is 4.11. The third-order valence-corrected chi connectivity index (χ3v) is 5.25. The van der Waals surface area contributed by atoms with E-state index in [4.69, 9.17) is 4.42 Å². The van der Waals surface area contributed by atoms with E-state index >= 15 is 0 Å². The van der Waals surface area contributed by atoms with Crippen LogP contribution in [0.5, 0.6) is 0 Å². The molecule has 6 heteroatoms. The first-order valence-corrected chi connectivity index (χ1v) is 9.83. The number of amides is 1. The second kappa shape index (κ2) is 8.65. The second-order valence-corrected chi connectivity index (χ2v) is 7.85. The maximum absolute atomic E-state index is 12.8. The van der Waals surface area contributed by atoms with Crippen LogP contribution in [-0.2, 0) is 11.2 Å². The monoisotopic (exact) mass is 371 g/mol. The molecule has 2 aromatic rings. The van der Waals surface area contributed by atoms with E-state index in [-0.39, 0.29) is 18.1 Å². The lowest BCUT2D eigenvalue weighted by atomic mass is 9.87.